The van der Waals surface area contributed by atoms with Gasteiger partial charge in [0.15, 0.2) is 0 Å². The van der Waals surface area contributed by atoms with E-state index in [-0.39, 0.29) is 17.7 Å². The number of carbonyl (C=O) groups is 3. The van der Waals surface area contributed by atoms with Gasteiger partial charge < -0.3 is 5.32 Å². The van der Waals surface area contributed by atoms with Crippen molar-refractivity contribution in [2.24, 2.45) is 0 Å². The Kier molecular flexibility index (Phi) is 3.70. The van der Waals surface area contributed by atoms with E-state index < -0.39 is 0 Å². The van der Waals surface area contributed by atoms with Gasteiger partial charge in [0.25, 0.3) is 11.8 Å². The van der Waals surface area contributed by atoms with Gasteiger partial charge in [0.1, 0.15) is 0 Å². The summed E-state index contributed by atoms with van der Waals surface area (Å²) in [4.78, 5) is 37.4. The van der Waals surface area contributed by atoms with Crippen molar-refractivity contribution in [3.63, 3.8) is 0 Å². The van der Waals surface area contributed by atoms with Gasteiger partial charge in [-0.1, -0.05) is 19.1 Å². The van der Waals surface area contributed by atoms with E-state index in [9.17, 15) is 14.4 Å². The third-order valence-corrected chi connectivity index (χ3v) is 3.81. The molecule has 1 N–H and O–H groups in total. The highest BCUT2D eigenvalue weighted by molar-refractivity contribution is 6.34. The van der Waals surface area contributed by atoms with E-state index in [1.807, 2.05) is 19.1 Å². The Morgan fingerprint density at radius 2 is 1.65 bits per heavy atom. The highest BCUT2D eigenvalue weighted by atomic mass is 16.2. The van der Waals surface area contributed by atoms with Crippen molar-refractivity contribution >= 4 is 29.1 Å². The average molecular weight is 308 g/mol. The number of imide groups is 1. The molecule has 3 rings (SSSR count). The summed E-state index contributed by atoms with van der Waals surface area (Å²) in [5, 5.41) is 2.62. The number of aryl methyl sites for hydroxylation is 1. The molecule has 0 aliphatic carbocycles. The topological polar surface area (TPSA) is 66.5 Å². The minimum atomic E-state index is -0.374. The lowest BCUT2D eigenvalue weighted by Crippen LogP contribution is -2.29. The molecule has 5 heteroatoms. The third-order valence-electron chi connectivity index (χ3n) is 3.81. The normalized spacial score (nSPS) is 13.2. The number of amides is 3. The Morgan fingerprint density at radius 1 is 1.00 bits per heavy atom. The second-order valence-corrected chi connectivity index (χ2v) is 5.41. The van der Waals surface area contributed by atoms with Gasteiger partial charge in [-0.3, -0.25) is 14.4 Å². The maximum atomic E-state index is 12.6. The molecule has 0 atom stereocenters. The summed E-state index contributed by atoms with van der Waals surface area (Å²) in [5.74, 6) is -0.946. The SMILES string of the molecule is CCc1ccc(N2C(=O)c3ccc(NC(C)=O)cc3C2=O)cc1. The van der Waals surface area contributed by atoms with Crippen molar-refractivity contribution in [3.8, 4) is 0 Å². The molecule has 5 nitrogen and oxygen atoms in total. The quantitative estimate of drug-likeness (QED) is 0.886. The van der Waals surface area contributed by atoms with Gasteiger partial charge in [0.2, 0.25) is 5.91 Å². The number of anilines is 2. The Balaban J connectivity index is 1.97. The van der Waals surface area contributed by atoms with E-state index in [2.05, 4.69) is 5.32 Å². The largest absolute Gasteiger partial charge is 0.326 e. The first-order valence-corrected chi connectivity index (χ1v) is 7.40. The van der Waals surface area contributed by atoms with Crippen LogP contribution < -0.4 is 10.2 Å². The van der Waals surface area contributed by atoms with Crippen LogP contribution >= 0.6 is 0 Å². The van der Waals surface area contributed by atoms with Gasteiger partial charge in [-0.2, -0.15) is 0 Å². The molecule has 1 aliphatic heterocycles. The van der Waals surface area contributed by atoms with Gasteiger partial charge in [-0.15, -0.1) is 0 Å². The fraction of sp³-hybridized carbons (Fsp3) is 0.167. The van der Waals surface area contributed by atoms with Crippen molar-refractivity contribution in [3.05, 3.63) is 59.2 Å². The third kappa shape index (κ3) is 2.61. The monoisotopic (exact) mass is 308 g/mol. The van der Waals surface area contributed by atoms with Crippen molar-refractivity contribution < 1.29 is 14.4 Å². The molecule has 3 amide bonds. The van der Waals surface area contributed by atoms with Crippen LogP contribution in [0.25, 0.3) is 0 Å². The molecule has 0 saturated heterocycles. The van der Waals surface area contributed by atoms with Gasteiger partial charge in [0, 0.05) is 12.6 Å². The van der Waals surface area contributed by atoms with E-state index in [1.54, 1.807) is 24.3 Å². The minimum absolute atomic E-state index is 0.228. The molecule has 0 radical (unpaired) electrons. The molecule has 2 aromatic carbocycles. The fourth-order valence-corrected chi connectivity index (χ4v) is 2.64. The Bertz CT molecular complexity index is 810. The molecule has 2 aromatic rings. The van der Waals surface area contributed by atoms with Crippen LogP contribution in [0.5, 0.6) is 0 Å². The van der Waals surface area contributed by atoms with Crippen LogP contribution in [0, 0.1) is 0 Å². The van der Waals surface area contributed by atoms with Crippen molar-refractivity contribution in [2.75, 3.05) is 10.2 Å². The van der Waals surface area contributed by atoms with Crippen LogP contribution in [0.3, 0.4) is 0 Å². The number of nitrogens with one attached hydrogen (secondary N) is 1. The van der Waals surface area contributed by atoms with Crippen LogP contribution in [-0.2, 0) is 11.2 Å². The lowest BCUT2D eigenvalue weighted by molar-refractivity contribution is -0.114. The van der Waals surface area contributed by atoms with Crippen LogP contribution in [0.1, 0.15) is 40.1 Å². The Morgan fingerprint density at radius 3 is 2.26 bits per heavy atom. The van der Waals surface area contributed by atoms with Crippen molar-refractivity contribution in [1.82, 2.24) is 0 Å². The molecule has 0 bridgehead atoms. The first-order valence-electron chi connectivity index (χ1n) is 7.40. The molecule has 23 heavy (non-hydrogen) atoms. The maximum Gasteiger partial charge on any atom is 0.266 e. The summed E-state index contributed by atoms with van der Waals surface area (Å²) >= 11 is 0. The maximum absolute atomic E-state index is 12.6. The van der Waals surface area contributed by atoms with Gasteiger partial charge in [0.05, 0.1) is 16.8 Å². The fourth-order valence-electron chi connectivity index (χ4n) is 2.64. The predicted octanol–water partition coefficient (Wildman–Crippen LogP) is 3.01. The predicted molar refractivity (Wildman–Crippen MR) is 87.7 cm³/mol. The van der Waals surface area contributed by atoms with E-state index >= 15 is 0 Å². The van der Waals surface area contributed by atoms with E-state index in [4.69, 9.17) is 0 Å². The smallest absolute Gasteiger partial charge is 0.266 e. The van der Waals surface area contributed by atoms with Gasteiger partial charge >= 0.3 is 0 Å². The van der Waals surface area contributed by atoms with E-state index in [0.717, 1.165) is 12.0 Å². The number of fused-ring (bicyclic) bond motifs is 1. The molecule has 1 heterocycles. The van der Waals surface area contributed by atoms with E-state index in [0.29, 0.717) is 22.5 Å². The van der Waals surface area contributed by atoms with Crippen LogP contribution in [0.4, 0.5) is 11.4 Å². The summed E-state index contributed by atoms with van der Waals surface area (Å²) in [6.07, 6.45) is 0.891. The summed E-state index contributed by atoms with van der Waals surface area (Å²) in [5.41, 5.74) is 2.85. The molecule has 116 valence electrons. The summed E-state index contributed by atoms with van der Waals surface area (Å²) < 4.78 is 0. The molecule has 1 aliphatic rings. The highest BCUT2D eigenvalue weighted by Gasteiger charge is 2.36. The molecular formula is C18H16N2O3. The Labute approximate surface area is 133 Å². The molecule has 0 unspecified atom stereocenters. The number of rotatable bonds is 3. The zero-order valence-corrected chi connectivity index (χ0v) is 12.9. The molecule has 0 spiro atoms. The first kappa shape index (κ1) is 15.0. The van der Waals surface area contributed by atoms with Crippen LogP contribution in [0.2, 0.25) is 0 Å². The van der Waals surface area contributed by atoms with Crippen molar-refractivity contribution in [2.45, 2.75) is 20.3 Å². The number of carbonyl (C=O) groups excluding carboxylic acids is 3. The second kappa shape index (κ2) is 5.68. The zero-order chi connectivity index (χ0) is 16.6. The molecule has 0 fully saturated rings. The first-order chi connectivity index (χ1) is 11.0. The van der Waals surface area contributed by atoms with Crippen LogP contribution in [-0.4, -0.2) is 17.7 Å². The summed E-state index contributed by atoms with van der Waals surface area (Å²) in [6, 6.07) is 12.1. The number of nitrogens with zero attached hydrogens (tertiary/aromatic N) is 1. The van der Waals surface area contributed by atoms with Gasteiger partial charge in [-0.05, 0) is 42.3 Å². The van der Waals surface area contributed by atoms with Crippen LogP contribution in [0.15, 0.2) is 42.5 Å². The number of hydrogen-bond acceptors (Lipinski definition) is 3. The second-order valence-electron chi connectivity index (χ2n) is 5.41. The van der Waals surface area contributed by atoms with Gasteiger partial charge in [-0.25, -0.2) is 4.90 Å². The lowest BCUT2D eigenvalue weighted by Gasteiger charge is -2.14. The lowest BCUT2D eigenvalue weighted by atomic mass is 10.1. The molecule has 0 aromatic heterocycles. The zero-order valence-electron chi connectivity index (χ0n) is 12.9. The highest BCUT2D eigenvalue weighted by Crippen LogP contribution is 2.30. The number of hydrogen-bond donors (Lipinski definition) is 1. The minimum Gasteiger partial charge on any atom is -0.326 e. The average Bonchev–Trinajstić information content (AvgIpc) is 2.78. The van der Waals surface area contributed by atoms with E-state index in [1.165, 1.54) is 17.9 Å². The standard InChI is InChI=1S/C18H16N2O3/c1-3-12-4-7-14(8-5-12)20-17(22)15-9-6-13(19-11(2)21)10-16(15)18(20)23/h4-10H,3H2,1-2H3,(H,19,21). The molecular weight excluding hydrogens is 292 g/mol. The number of benzene rings is 2. The molecule has 0 saturated carbocycles. The Hall–Kier alpha value is -2.95. The summed E-state index contributed by atoms with van der Waals surface area (Å²) in [7, 11) is 0. The van der Waals surface area contributed by atoms with Crippen molar-refractivity contribution in [1.29, 1.82) is 0 Å². The summed E-state index contributed by atoms with van der Waals surface area (Å²) in [6.45, 7) is 3.43.